The van der Waals surface area contributed by atoms with Gasteiger partial charge in [-0.3, -0.25) is 9.59 Å². The van der Waals surface area contributed by atoms with E-state index in [2.05, 4.69) is 59.2 Å². The zero-order valence-electron chi connectivity index (χ0n) is 33.2. The Bertz CT molecular complexity index is 2270. The molecule has 0 saturated carbocycles. The van der Waals surface area contributed by atoms with Crippen LogP contribution in [0.25, 0.3) is 32.0 Å². The summed E-state index contributed by atoms with van der Waals surface area (Å²) in [7, 11) is 2.57. The lowest BCUT2D eigenvalue weighted by Gasteiger charge is -2.28. The highest BCUT2D eigenvalue weighted by Gasteiger charge is 2.38. The van der Waals surface area contributed by atoms with Gasteiger partial charge in [0.2, 0.25) is 0 Å². The number of aromatic nitrogens is 2. The smallest absolute Gasteiger partial charge is 0.407 e. The molecule has 4 heterocycles. The number of hydrogen-bond acceptors (Lipinski definition) is 10. The van der Waals surface area contributed by atoms with Crippen molar-refractivity contribution >= 4 is 46.7 Å². The van der Waals surface area contributed by atoms with Crippen molar-refractivity contribution in [2.75, 3.05) is 27.3 Å². The minimum absolute atomic E-state index is 0.184. The first-order chi connectivity index (χ1) is 29.3. The van der Waals surface area contributed by atoms with E-state index >= 15 is 0 Å². The molecule has 60 heavy (non-hydrogen) atoms. The molecule has 2 aliphatic heterocycles. The third-order valence-corrected chi connectivity index (χ3v) is 13.3. The molecule has 2 saturated heterocycles. The quantitative estimate of drug-likeness (QED) is 0.132. The van der Waals surface area contributed by atoms with E-state index in [4.69, 9.17) is 19.4 Å². The predicted molar refractivity (Wildman–Crippen MR) is 231 cm³/mol. The highest BCUT2D eigenvalue weighted by Crippen LogP contribution is 2.41. The van der Waals surface area contributed by atoms with Gasteiger partial charge < -0.3 is 29.9 Å². The number of nitrogens with zero attached hydrogens (tertiary/aromatic N) is 4. The number of carbonyl (C=O) groups excluding carboxylic acids is 4. The number of rotatable bonds is 11. The molecule has 8 rings (SSSR count). The summed E-state index contributed by atoms with van der Waals surface area (Å²) < 4.78 is 9.67. The zero-order chi connectivity index (χ0) is 41.6. The first-order valence-corrected chi connectivity index (χ1v) is 21.5. The Morgan fingerprint density at radius 3 is 1.30 bits per heavy atom. The van der Waals surface area contributed by atoms with E-state index in [0.29, 0.717) is 24.2 Å². The van der Waals surface area contributed by atoms with Crippen LogP contribution in [-0.4, -0.2) is 71.1 Å². The van der Waals surface area contributed by atoms with Gasteiger partial charge in [-0.25, -0.2) is 19.6 Å². The molecule has 2 N–H and O–H groups in total. The first-order valence-electron chi connectivity index (χ1n) is 19.8. The first kappa shape index (κ1) is 40.4. The van der Waals surface area contributed by atoms with Crippen LogP contribution in [0.1, 0.15) is 71.0 Å². The van der Waals surface area contributed by atoms with E-state index in [0.717, 1.165) is 67.7 Å². The maximum absolute atomic E-state index is 13.9. The number of alkyl carbamates (subject to hydrolysis) is 2. The molecule has 0 radical (unpaired) electrons. The van der Waals surface area contributed by atoms with Gasteiger partial charge in [0, 0.05) is 25.5 Å². The normalized spacial score (nSPS) is 17.2. The van der Waals surface area contributed by atoms with Crippen molar-refractivity contribution in [1.29, 1.82) is 0 Å². The molecule has 4 aromatic carbocycles. The number of likely N-dealkylation sites (tertiary alicyclic amines) is 2. The standard InChI is InChI=1S/C46H44N6O6S2/c1-57-45(55)49-39(33-11-5-3-6-12-33)43(53)51-25-9-15-35(51)41-47-27-37(59-41)31-21-17-29(18-22-31)30-19-23-32(24-20-30)38-28-48-42(60-38)36-16-10-26-52(36)44(54)40(50-46(56)58-2)34-13-7-4-8-14-34/h3-8,11-14,17-24,27-28,35-36,39-40H,9-10,15-16,25-26H2,1-2H3,(H,49,55)(H,50,56)/t35-,36-,39-,40+/m0/s1. The molecule has 0 bridgehead atoms. The summed E-state index contributed by atoms with van der Waals surface area (Å²) in [6.45, 7) is 1.16. The summed E-state index contributed by atoms with van der Waals surface area (Å²) in [6.07, 6.45) is 5.69. The second-order valence-electron chi connectivity index (χ2n) is 14.6. The van der Waals surface area contributed by atoms with Crippen LogP contribution in [0.5, 0.6) is 0 Å². The lowest BCUT2D eigenvalue weighted by Crippen LogP contribution is -2.42. The van der Waals surface area contributed by atoms with E-state index in [-0.39, 0.29) is 23.9 Å². The van der Waals surface area contributed by atoms with E-state index in [1.807, 2.05) is 82.9 Å². The number of methoxy groups -OCH3 is 2. The molecule has 0 spiro atoms. The number of hydrogen-bond donors (Lipinski definition) is 2. The monoisotopic (exact) mass is 840 g/mol. The van der Waals surface area contributed by atoms with Crippen molar-refractivity contribution in [3.63, 3.8) is 0 Å². The molecule has 4 amide bonds. The van der Waals surface area contributed by atoms with E-state index < -0.39 is 24.3 Å². The van der Waals surface area contributed by atoms with Crippen molar-refractivity contribution in [3.8, 4) is 32.0 Å². The van der Waals surface area contributed by atoms with Crippen molar-refractivity contribution in [1.82, 2.24) is 30.4 Å². The largest absolute Gasteiger partial charge is 0.453 e. The van der Waals surface area contributed by atoms with Crippen molar-refractivity contribution in [2.45, 2.75) is 49.9 Å². The van der Waals surface area contributed by atoms with Gasteiger partial charge in [-0.2, -0.15) is 0 Å². The van der Waals surface area contributed by atoms with Gasteiger partial charge in [0.25, 0.3) is 11.8 Å². The van der Waals surface area contributed by atoms with Crippen LogP contribution in [0.4, 0.5) is 9.59 Å². The Kier molecular flexibility index (Phi) is 12.3. The fourth-order valence-electron chi connectivity index (χ4n) is 7.93. The molecule has 4 atom stereocenters. The molecule has 0 unspecified atom stereocenters. The van der Waals surface area contributed by atoms with E-state index in [1.54, 1.807) is 22.7 Å². The molecule has 12 nitrogen and oxygen atoms in total. The lowest BCUT2D eigenvalue weighted by atomic mass is 10.0. The topological polar surface area (TPSA) is 143 Å². The number of benzene rings is 4. The molecule has 6 aromatic rings. The van der Waals surface area contributed by atoms with Gasteiger partial charge in [-0.05, 0) is 59.1 Å². The van der Waals surface area contributed by atoms with Crippen molar-refractivity contribution < 1.29 is 28.7 Å². The van der Waals surface area contributed by atoms with Gasteiger partial charge in [-0.15, -0.1) is 22.7 Å². The maximum atomic E-state index is 13.9. The van der Waals surface area contributed by atoms with Crippen molar-refractivity contribution in [2.24, 2.45) is 0 Å². The van der Waals surface area contributed by atoms with Crippen LogP contribution in [0, 0.1) is 0 Å². The lowest BCUT2D eigenvalue weighted by molar-refractivity contribution is -0.135. The second kappa shape index (κ2) is 18.3. The molecule has 14 heteroatoms. The Hall–Kier alpha value is -6.38. The highest BCUT2D eigenvalue weighted by atomic mass is 32.1. The Labute approximate surface area is 356 Å². The summed E-state index contributed by atoms with van der Waals surface area (Å²) in [5, 5.41) is 7.18. The van der Waals surface area contributed by atoms with E-state index in [1.165, 1.54) is 14.2 Å². The summed E-state index contributed by atoms with van der Waals surface area (Å²) in [6, 6.07) is 33.1. The third-order valence-electron chi connectivity index (χ3n) is 11.0. The van der Waals surface area contributed by atoms with Gasteiger partial charge in [-0.1, -0.05) is 109 Å². The van der Waals surface area contributed by atoms with Crippen LogP contribution in [0.15, 0.2) is 122 Å². The van der Waals surface area contributed by atoms with Crippen LogP contribution >= 0.6 is 22.7 Å². The minimum atomic E-state index is -0.863. The Morgan fingerprint density at radius 2 is 0.933 bits per heavy atom. The maximum Gasteiger partial charge on any atom is 0.407 e. The Morgan fingerprint density at radius 1 is 0.567 bits per heavy atom. The predicted octanol–water partition coefficient (Wildman–Crippen LogP) is 9.12. The van der Waals surface area contributed by atoms with Gasteiger partial charge >= 0.3 is 12.2 Å². The molecule has 2 fully saturated rings. The molecule has 2 aliphatic rings. The molecule has 0 aliphatic carbocycles. The molecule has 2 aromatic heterocycles. The summed E-state index contributed by atoms with van der Waals surface area (Å²) in [5.41, 5.74) is 5.61. The van der Waals surface area contributed by atoms with Crippen molar-refractivity contribution in [3.05, 3.63) is 143 Å². The minimum Gasteiger partial charge on any atom is -0.453 e. The molecular formula is C46H44N6O6S2. The SMILES string of the molecule is COC(=O)N[C@H](C(=O)N1CCC[C@H]1c1ncc(-c2ccc(-c3ccc(-c4cnc([C@@H]5CCCN5C(=O)[C@H](NC(=O)OC)c5ccccc5)s4)cc3)cc2)s1)c1ccccc1. The summed E-state index contributed by atoms with van der Waals surface area (Å²) >= 11 is 3.16. The van der Waals surface area contributed by atoms with Gasteiger partial charge in [0.1, 0.15) is 22.1 Å². The summed E-state index contributed by atoms with van der Waals surface area (Å²) in [5.74, 6) is -0.374. The van der Waals surface area contributed by atoms with Crippen LogP contribution in [-0.2, 0) is 19.1 Å². The number of nitrogens with one attached hydrogen (secondary N) is 2. The van der Waals surface area contributed by atoms with Crippen LogP contribution in [0.2, 0.25) is 0 Å². The molecular weight excluding hydrogens is 797 g/mol. The average molecular weight is 841 g/mol. The third kappa shape index (κ3) is 8.66. The number of thiazole rings is 2. The van der Waals surface area contributed by atoms with Crippen LogP contribution < -0.4 is 10.6 Å². The van der Waals surface area contributed by atoms with E-state index in [9.17, 15) is 19.2 Å². The van der Waals surface area contributed by atoms with Crippen LogP contribution in [0.3, 0.4) is 0 Å². The van der Waals surface area contributed by atoms with Gasteiger partial charge in [0.05, 0.1) is 36.1 Å². The summed E-state index contributed by atoms with van der Waals surface area (Å²) in [4.78, 5) is 67.5. The number of carbonyl (C=O) groups is 4. The molecule has 306 valence electrons. The second-order valence-corrected chi connectivity index (χ2v) is 16.7. The van der Waals surface area contributed by atoms with Gasteiger partial charge in [0.15, 0.2) is 0 Å². The fourth-order valence-corrected chi connectivity index (χ4v) is 10.1. The average Bonchev–Trinajstić information content (AvgIpc) is 4.15. The zero-order valence-corrected chi connectivity index (χ0v) is 34.8. The number of ether oxygens (including phenoxy) is 2. The Balaban J connectivity index is 0.928. The number of amides is 4. The highest BCUT2D eigenvalue weighted by molar-refractivity contribution is 7.15. The fraction of sp³-hybridized carbons (Fsp3) is 0.261.